The zero-order chi connectivity index (χ0) is 21.7. The Morgan fingerprint density at radius 2 is 1.63 bits per heavy atom. The van der Waals surface area contributed by atoms with E-state index in [9.17, 15) is 21.6 Å². The van der Waals surface area contributed by atoms with E-state index in [1.165, 1.54) is 6.07 Å². The largest absolute Gasteiger partial charge is 0.435 e. The number of aromatic nitrogens is 2. The summed E-state index contributed by atoms with van der Waals surface area (Å²) >= 11 is 0. The van der Waals surface area contributed by atoms with Gasteiger partial charge in [0.15, 0.2) is 15.5 Å². The maximum atomic E-state index is 13.3. The van der Waals surface area contributed by atoms with Crippen LogP contribution in [0.1, 0.15) is 63.8 Å². The minimum absolute atomic E-state index is 0.0204. The Balaban J connectivity index is 1.24. The second kappa shape index (κ2) is 6.24. The molecule has 2 saturated heterocycles. The van der Waals surface area contributed by atoms with Crippen molar-refractivity contribution < 1.29 is 21.6 Å². The van der Waals surface area contributed by atoms with Gasteiger partial charge in [-0.15, -0.1) is 0 Å². The lowest BCUT2D eigenvalue weighted by atomic mass is 9.80. The van der Waals surface area contributed by atoms with Gasteiger partial charge >= 0.3 is 6.18 Å². The van der Waals surface area contributed by atoms with E-state index in [0.717, 1.165) is 44.5 Å². The van der Waals surface area contributed by atoms with Gasteiger partial charge in [-0.25, -0.2) is 8.42 Å². The van der Waals surface area contributed by atoms with Crippen molar-refractivity contribution in [3.05, 3.63) is 17.5 Å². The van der Waals surface area contributed by atoms with Crippen LogP contribution in [0.15, 0.2) is 6.07 Å². The molecule has 0 amide bonds. The van der Waals surface area contributed by atoms with Gasteiger partial charge in [0.05, 0.1) is 17.0 Å². The maximum Gasteiger partial charge on any atom is 0.435 e. The number of hydrogen-bond acceptors (Lipinski definition) is 4. The average Bonchev–Trinajstić information content (AvgIpc) is 2.98. The molecule has 4 fully saturated rings. The molecule has 0 N–H and O–H groups in total. The molecule has 5 nitrogen and oxygen atoms in total. The summed E-state index contributed by atoms with van der Waals surface area (Å²) in [6.45, 7) is 7.59. The monoisotopic (exact) mass is 445 g/mol. The van der Waals surface area contributed by atoms with Crippen LogP contribution in [-0.2, 0) is 21.6 Å². The molecule has 9 heteroatoms. The van der Waals surface area contributed by atoms with Crippen molar-refractivity contribution in [1.82, 2.24) is 14.7 Å². The Bertz CT molecular complexity index is 929. The van der Waals surface area contributed by atoms with E-state index < -0.39 is 27.2 Å². The first kappa shape index (κ1) is 20.8. The Labute approximate surface area is 175 Å². The lowest BCUT2D eigenvalue weighted by Gasteiger charge is -2.48. The maximum absolute atomic E-state index is 13.3. The number of piperidine rings is 1. The second-order valence-corrected chi connectivity index (χ2v) is 13.1. The highest BCUT2D eigenvalue weighted by Crippen LogP contribution is 2.64. The first-order chi connectivity index (χ1) is 13.8. The molecule has 0 radical (unpaired) electrons. The molecular formula is C21H30F3N3O2S. The third kappa shape index (κ3) is 3.40. The number of alkyl halides is 3. The molecule has 1 aromatic rings. The van der Waals surface area contributed by atoms with Gasteiger partial charge in [0, 0.05) is 23.1 Å². The summed E-state index contributed by atoms with van der Waals surface area (Å²) < 4.78 is 64.6. The van der Waals surface area contributed by atoms with Gasteiger partial charge in [0.2, 0.25) is 0 Å². The second-order valence-electron chi connectivity index (χ2n) is 11.1. The third-order valence-electron chi connectivity index (χ3n) is 7.85. The molecule has 1 spiro atoms. The molecule has 0 bridgehead atoms. The van der Waals surface area contributed by atoms with Gasteiger partial charge < -0.3 is 4.90 Å². The van der Waals surface area contributed by atoms with Crippen LogP contribution < -0.4 is 0 Å². The molecule has 2 aliphatic heterocycles. The SMILES string of the molecule is CC(C)(C)n1nc(C(F)(F)F)cc1[C@H]1[C@@H]2C[C@@H](N3CCC4(CC3)CS(=O)(=O)C4)C[C@@H]21. The van der Waals surface area contributed by atoms with Crippen molar-refractivity contribution in [3.63, 3.8) is 0 Å². The van der Waals surface area contributed by atoms with Crippen molar-refractivity contribution in [2.45, 2.75) is 70.1 Å². The minimum atomic E-state index is -4.42. The molecule has 2 aliphatic carbocycles. The van der Waals surface area contributed by atoms with Crippen LogP contribution in [0.5, 0.6) is 0 Å². The van der Waals surface area contributed by atoms with Gasteiger partial charge in [0.25, 0.3) is 0 Å². The molecule has 168 valence electrons. The fraction of sp³-hybridized carbons (Fsp3) is 0.857. The molecule has 4 aliphatic rings. The van der Waals surface area contributed by atoms with Crippen LogP contribution in [0.25, 0.3) is 0 Å². The number of sulfone groups is 1. The topological polar surface area (TPSA) is 55.2 Å². The summed E-state index contributed by atoms with van der Waals surface area (Å²) in [6.07, 6.45) is -0.467. The summed E-state index contributed by atoms with van der Waals surface area (Å²) in [5, 5.41) is 3.93. The predicted octanol–water partition coefficient (Wildman–Crippen LogP) is 3.66. The molecule has 1 aromatic heterocycles. The molecule has 3 heterocycles. The number of rotatable bonds is 2. The van der Waals surface area contributed by atoms with Crippen molar-refractivity contribution >= 4 is 9.84 Å². The molecule has 0 aromatic carbocycles. The van der Waals surface area contributed by atoms with Gasteiger partial charge in [-0.3, -0.25) is 4.68 Å². The van der Waals surface area contributed by atoms with Crippen LogP contribution in [0.3, 0.4) is 0 Å². The number of fused-ring (bicyclic) bond motifs is 1. The standard InChI is InChI=1S/C21H30F3N3O2S/c1-19(2,3)27-16(10-17(25-27)21(22,23)24)18-14-8-13(9-15(14)18)26-6-4-20(5-7-26)11-30(28,29)12-20/h10,13-15,18H,4-9,11-12H2,1-3H3/t13-,14-,15+,18+. The van der Waals surface area contributed by atoms with Gasteiger partial charge in [0.1, 0.15) is 0 Å². The van der Waals surface area contributed by atoms with E-state index in [1.807, 2.05) is 20.8 Å². The predicted molar refractivity (Wildman–Crippen MR) is 107 cm³/mol. The molecule has 30 heavy (non-hydrogen) atoms. The number of hydrogen-bond donors (Lipinski definition) is 0. The Hall–Kier alpha value is -1.09. The van der Waals surface area contributed by atoms with Crippen LogP contribution in [0.2, 0.25) is 0 Å². The summed E-state index contributed by atoms with van der Waals surface area (Å²) in [4.78, 5) is 2.50. The van der Waals surface area contributed by atoms with Gasteiger partial charge in [-0.05, 0) is 77.4 Å². The van der Waals surface area contributed by atoms with E-state index >= 15 is 0 Å². The number of halogens is 3. The Morgan fingerprint density at radius 3 is 2.10 bits per heavy atom. The first-order valence-electron chi connectivity index (χ1n) is 10.9. The van der Waals surface area contributed by atoms with Crippen molar-refractivity contribution in [2.24, 2.45) is 17.3 Å². The number of nitrogens with zero attached hydrogens (tertiary/aromatic N) is 3. The Morgan fingerprint density at radius 1 is 1.07 bits per heavy atom. The average molecular weight is 446 g/mol. The van der Waals surface area contributed by atoms with Gasteiger partial charge in [-0.1, -0.05) is 0 Å². The molecule has 0 unspecified atom stereocenters. The molecule has 4 atom stereocenters. The minimum Gasteiger partial charge on any atom is -0.300 e. The quantitative estimate of drug-likeness (QED) is 0.697. The first-order valence-corrected chi connectivity index (χ1v) is 12.7. The number of likely N-dealkylation sites (tertiary alicyclic amines) is 1. The highest BCUT2D eigenvalue weighted by atomic mass is 32.2. The van der Waals surface area contributed by atoms with Crippen LogP contribution in [0.4, 0.5) is 13.2 Å². The fourth-order valence-electron chi connectivity index (χ4n) is 6.40. The summed E-state index contributed by atoms with van der Waals surface area (Å²) in [7, 11) is -2.80. The van der Waals surface area contributed by atoms with E-state index in [0.29, 0.717) is 29.4 Å². The lowest BCUT2D eigenvalue weighted by molar-refractivity contribution is -0.141. The van der Waals surface area contributed by atoms with E-state index in [2.05, 4.69) is 10.00 Å². The smallest absolute Gasteiger partial charge is 0.300 e. The van der Waals surface area contributed by atoms with Crippen LogP contribution in [0, 0.1) is 17.3 Å². The van der Waals surface area contributed by atoms with Crippen molar-refractivity contribution in [1.29, 1.82) is 0 Å². The van der Waals surface area contributed by atoms with Crippen molar-refractivity contribution in [2.75, 3.05) is 24.6 Å². The van der Waals surface area contributed by atoms with E-state index in [-0.39, 0.29) is 11.3 Å². The zero-order valence-electron chi connectivity index (χ0n) is 17.7. The highest BCUT2D eigenvalue weighted by molar-refractivity contribution is 7.92. The van der Waals surface area contributed by atoms with Crippen molar-refractivity contribution in [3.8, 4) is 0 Å². The van der Waals surface area contributed by atoms with Gasteiger partial charge in [-0.2, -0.15) is 18.3 Å². The summed E-state index contributed by atoms with van der Waals surface area (Å²) in [5.74, 6) is 1.76. The molecular weight excluding hydrogens is 415 g/mol. The molecule has 5 rings (SSSR count). The summed E-state index contributed by atoms with van der Waals surface area (Å²) in [5.41, 5.74) is -0.516. The van der Waals surface area contributed by atoms with E-state index in [4.69, 9.17) is 0 Å². The Kier molecular flexibility index (Phi) is 4.33. The summed E-state index contributed by atoms with van der Waals surface area (Å²) in [6, 6.07) is 1.75. The van der Waals surface area contributed by atoms with E-state index in [1.54, 1.807) is 4.68 Å². The van der Waals surface area contributed by atoms with Crippen LogP contribution in [-0.4, -0.2) is 53.7 Å². The fourth-order valence-corrected chi connectivity index (χ4v) is 8.76. The zero-order valence-corrected chi connectivity index (χ0v) is 18.6. The highest BCUT2D eigenvalue weighted by Gasteiger charge is 2.60. The third-order valence-corrected chi connectivity index (χ3v) is 9.96. The van der Waals surface area contributed by atoms with Crippen LogP contribution >= 0.6 is 0 Å². The lowest BCUT2D eigenvalue weighted by Crippen LogP contribution is -2.55. The normalized spacial score (nSPS) is 35.3. The molecule has 2 saturated carbocycles.